The fraction of sp³-hybridized carbons (Fsp3) is 0.292. The number of nitrogens with zero attached hydrogens (tertiary/aromatic N) is 3. The van der Waals surface area contributed by atoms with Crippen LogP contribution in [0.2, 0.25) is 0 Å². The summed E-state index contributed by atoms with van der Waals surface area (Å²) in [5, 5.41) is 11.4. The third-order valence-corrected chi connectivity index (χ3v) is 8.18. The number of likely N-dealkylation sites (N-methyl/N-ethyl adjacent to an activating group) is 1. The molecule has 2 aliphatic rings. The Hall–Kier alpha value is -3.46. The highest BCUT2D eigenvalue weighted by Crippen LogP contribution is 2.47. The summed E-state index contributed by atoms with van der Waals surface area (Å²) >= 11 is 0. The topological polar surface area (TPSA) is 101 Å². The van der Waals surface area contributed by atoms with E-state index in [1.807, 2.05) is 0 Å². The molecule has 0 radical (unpaired) electrons. The number of aromatic nitrogens is 1. The predicted octanol–water partition coefficient (Wildman–Crippen LogP) is 3.81. The van der Waals surface area contributed by atoms with Gasteiger partial charge in [0.25, 0.3) is 0 Å². The van der Waals surface area contributed by atoms with Crippen molar-refractivity contribution in [2.24, 2.45) is 0 Å². The maximum Gasteiger partial charge on any atom is 0.573 e. The number of fused-ring (bicyclic) bond motifs is 2. The van der Waals surface area contributed by atoms with Crippen molar-refractivity contribution < 1.29 is 45.3 Å². The fourth-order valence-corrected chi connectivity index (χ4v) is 5.80. The van der Waals surface area contributed by atoms with E-state index in [4.69, 9.17) is 9.47 Å². The molecule has 1 saturated heterocycles. The van der Waals surface area contributed by atoms with E-state index >= 15 is 0 Å². The number of ether oxygens (including phenoxy) is 3. The Balaban J connectivity index is 1.45. The highest BCUT2D eigenvalue weighted by Gasteiger charge is 2.45. The zero-order chi connectivity index (χ0) is 27.2. The first-order chi connectivity index (χ1) is 18.0. The minimum absolute atomic E-state index is 0.0407. The summed E-state index contributed by atoms with van der Waals surface area (Å²) in [4.78, 5) is 5.57. The molecule has 0 aliphatic carbocycles. The number of anilines is 2. The molecule has 202 valence electrons. The second-order valence-electron chi connectivity index (χ2n) is 8.61. The Labute approximate surface area is 214 Å². The van der Waals surface area contributed by atoms with Gasteiger partial charge in [0.1, 0.15) is 11.6 Å². The quantitative estimate of drug-likeness (QED) is 0.475. The normalized spacial score (nSPS) is 21.4. The Morgan fingerprint density at radius 1 is 1.11 bits per heavy atom. The third-order valence-electron chi connectivity index (χ3n) is 6.28. The molecule has 2 aromatic carbocycles. The fourth-order valence-electron chi connectivity index (χ4n) is 4.44. The van der Waals surface area contributed by atoms with Crippen LogP contribution in [-0.4, -0.2) is 67.6 Å². The van der Waals surface area contributed by atoms with Crippen molar-refractivity contribution in [3.05, 3.63) is 66.6 Å². The zero-order valence-corrected chi connectivity index (χ0v) is 20.5. The molecule has 3 aromatic rings. The largest absolute Gasteiger partial charge is 0.573 e. The Morgan fingerprint density at radius 3 is 2.55 bits per heavy atom. The minimum Gasteiger partial charge on any atom is -0.451 e. The molecule has 38 heavy (non-hydrogen) atoms. The van der Waals surface area contributed by atoms with E-state index in [1.165, 1.54) is 31.4 Å². The van der Waals surface area contributed by atoms with Gasteiger partial charge < -0.3 is 24.2 Å². The summed E-state index contributed by atoms with van der Waals surface area (Å²) in [5.41, 5.74) is 0.273. The lowest BCUT2D eigenvalue weighted by Gasteiger charge is -2.45. The molecule has 0 amide bonds. The number of alkyl halides is 3. The molecule has 9 nitrogen and oxygen atoms in total. The lowest BCUT2D eigenvalue weighted by molar-refractivity contribution is -0.274. The van der Waals surface area contributed by atoms with E-state index in [-0.39, 0.29) is 29.6 Å². The Kier molecular flexibility index (Phi) is 6.67. The van der Waals surface area contributed by atoms with Crippen LogP contribution < -0.4 is 14.4 Å². The molecule has 3 heterocycles. The summed E-state index contributed by atoms with van der Waals surface area (Å²) in [6.07, 6.45) is -4.78. The van der Waals surface area contributed by atoms with Crippen molar-refractivity contribution in [2.75, 3.05) is 25.2 Å². The maximum atomic E-state index is 14.2. The van der Waals surface area contributed by atoms with E-state index in [9.17, 15) is 31.1 Å². The molecule has 5 rings (SSSR count). The van der Waals surface area contributed by atoms with Gasteiger partial charge in [-0.2, -0.15) is 4.31 Å². The van der Waals surface area contributed by atoms with Gasteiger partial charge in [-0.05, 0) is 48.5 Å². The number of benzene rings is 2. The van der Waals surface area contributed by atoms with E-state index < -0.39 is 46.1 Å². The molecule has 14 heteroatoms. The van der Waals surface area contributed by atoms with Gasteiger partial charge in [0.2, 0.25) is 10.0 Å². The summed E-state index contributed by atoms with van der Waals surface area (Å²) in [6, 6.07) is 8.89. The number of sulfonamides is 1. The monoisotopic (exact) mass is 555 g/mol. The van der Waals surface area contributed by atoms with Gasteiger partial charge in [-0.15, -0.1) is 13.2 Å². The first-order valence-electron chi connectivity index (χ1n) is 11.3. The molecule has 3 atom stereocenters. The van der Waals surface area contributed by atoms with Gasteiger partial charge >= 0.3 is 6.36 Å². The van der Waals surface area contributed by atoms with E-state index in [1.54, 1.807) is 17.0 Å². The predicted molar refractivity (Wildman–Crippen MR) is 125 cm³/mol. The van der Waals surface area contributed by atoms with Crippen molar-refractivity contribution in [3.63, 3.8) is 0 Å². The highest BCUT2D eigenvalue weighted by atomic mass is 32.2. The van der Waals surface area contributed by atoms with Crippen LogP contribution in [0.3, 0.4) is 0 Å². The number of hydrogen-bond acceptors (Lipinski definition) is 8. The van der Waals surface area contributed by atoms with E-state index in [0.29, 0.717) is 11.5 Å². The Morgan fingerprint density at radius 2 is 1.84 bits per heavy atom. The van der Waals surface area contributed by atoms with Gasteiger partial charge in [0.05, 0.1) is 42.0 Å². The molecular formula is C24H21F4N3O6S. The smallest absolute Gasteiger partial charge is 0.451 e. The van der Waals surface area contributed by atoms with Crippen LogP contribution in [0.15, 0.2) is 65.7 Å². The van der Waals surface area contributed by atoms with Gasteiger partial charge in [0.15, 0.2) is 17.3 Å². The molecule has 0 unspecified atom stereocenters. The molecular weight excluding hydrogens is 534 g/mol. The van der Waals surface area contributed by atoms with Crippen LogP contribution in [0.4, 0.5) is 29.1 Å². The van der Waals surface area contributed by atoms with E-state index in [0.717, 1.165) is 28.6 Å². The van der Waals surface area contributed by atoms with Crippen LogP contribution in [0, 0.1) is 5.82 Å². The summed E-state index contributed by atoms with van der Waals surface area (Å²) < 4.78 is 94.4. The van der Waals surface area contributed by atoms with Crippen LogP contribution in [0.25, 0.3) is 0 Å². The minimum atomic E-state index is -4.93. The van der Waals surface area contributed by atoms with Gasteiger partial charge in [-0.25, -0.2) is 17.8 Å². The Bertz CT molecular complexity index is 1440. The third kappa shape index (κ3) is 4.87. The second-order valence-corrected chi connectivity index (χ2v) is 10.6. The van der Waals surface area contributed by atoms with Crippen molar-refractivity contribution in [3.8, 4) is 17.2 Å². The van der Waals surface area contributed by atoms with Crippen LogP contribution in [-0.2, 0) is 14.8 Å². The SMILES string of the molecule is CN([C@H]1COC[C@H](N2c3cc(F)ccc3Oc3cccnc32)[C@H]1O)S(=O)(=O)c1ccc(OC(F)(F)F)cc1. The molecule has 0 bridgehead atoms. The van der Waals surface area contributed by atoms with Crippen LogP contribution >= 0.6 is 0 Å². The van der Waals surface area contributed by atoms with E-state index in [2.05, 4.69) is 9.72 Å². The number of aliphatic hydroxyl groups is 1. The summed E-state index contributed by atoms with van der Waals surface area (Å²) in [7, 11) is -3.05. The van der Waals surface area contributed by atoms with Crippen molar-refractivity contribution in [2.45, 2.75) is 29.4 Å². The number of hydrogen-bond donors (Lipinski definition) is 1. The van der Waals surface area contributed by atoms with Gasteiger partial charge in [0, 0.05) is 19.3 Å². The maximum absolute atomic E-state index is 14.2. The number of rotatable bonds is 5. The molecule has 1 fully saturated rings. The van der Waals surface area contributed by atoms with Crippen LogP contribution in [0.1, 0.15) is 0 Å². The molecule has 0 spiro atoms. The number of pyridine rings is 1. The molecule has 0 saturated carbocycles. The first kappa shape index (κ1) is 26.2. The average Bonchev–Trinajstić information content (AvgIpc) is 2.87. The van der Waals surface area contributed by atoms with Crippen molar-refractivity contribution >= 4 is 21.5 Å². The zero-order valence-electron chi connectivity index (χ0n) is 19.7. The number of halogens is 4. The van der Waals surface area contributed by atoms with Crippen molar-refractivity contribution in [1.82, 2.24) is 9.29 Å². The second kappa shape index (κ2) is 9.69. The highest BCUT2D eigenvalue weighted by molar-refractivity contribution is 7.89. The number of aliphatic hydroxyl groups excluding tert-OH is 1. The first-order valence-corrected chi connectivity index (χ1v) is 12.7. The molecule has 2 aliphatic heterocycles. The van der Waals surface area contributed by atoms with Gasteiger partial charge in [-0.3, -0.25) is 0 Å². The molecule has 1 aromatic heterocycles. The summed E-state index contributed by atoms with van der Waals surface area (Å²) in [6.45, 7) is -0.209. The van der Waals surface area contributed by atoms with Crippen LogP contribution in [0.5, 0.6) is 17.2 Å². The molecule has 1 N–H and O–H groups in total. The van der Waals surface area contributed by atoms with Crippen molar-refractivity contribution in [1.29, 1.82) is 0 Å². The van der Waals surface area contributed by atoms with Gasteiger partial charge in [-0.1, -0.05) is 0 Å². The standard InChI is InChI=1S/C24H21F4N3O6S/c1-30(38(33,34)16-7-5-15(6-8-16)37-24(26,27)28)18-12-35-13-19(22(18)32)31-17-11-14(25)4-9-20(17)36-21-3-2-10-29-23(21)31/h2-11,18-19,22,32H,12-13H2,1H3/t18-,19-,22-/m0/s1. The average molecular weight is 556 g/mol. The summed E-state index contributed by atoms with van der Waals surface area (Å²) in [5.74, 6) is -0.196. The lowest BCUT2D eigenvalue weighted by Crippen LogP contribution is -2.60. The lowest BCUT2D eigenvalue weighted by atomic mass is 9.98.